The minimum atomic E-state index is -0.552. The van der Waals surface area contributed by atoms with Crippen molar-refractivity contribution in [1.82, 2.24) is 0 Å². The highest BCUT2D eigenvalue weighted by Crippen LogP contribution is 2.64. The van der Waals surface area contributed by atoms with Gasteiger partial charge >= 0.3 is 0 Å². The van der Waals surface area contributed by atoms with Crippen LogP contribution < -0.4 is 4.90 Å². The Labute approximate surface area is 296 Å². The number of anilines is 3. The molecule has 238 valence electrons. The van der Waals surface area contributed by atoms with Crippen LogP contribution in [-0.2, 0) is 5.41 Å². The molecule has 51 heavy (non-hydrogen) atoms. The van der Waals surface area contributed by atoms with Crippen molar-refractivity contribution >= 4 is 38.8 Å². The summed E-state index contributed by atoms with van der Waals surface area (Å²) in [5, 5.41) is 3.60. The molecule has 0 N–H and O–H groups in total. The molecular weight excluding hydrogens is 619 g/mol. The fourth-order valence-electron chi connectivity index (χ4n) is 8.95. The molecule has 1 unspecified atom stereocenters. The standard InChI is InChI=1S/C49H31NO/c1-2-17-35(18-3-1)50(45-26-13-15-32-14-4-5-20-37(32)45)36-19-12-16-33(30-36)34-28-29-39-38-21-6-9-24-42(38)49(44(39)31-34)43-25-10-7-22-40(43)47-41-23-8-11-27-46(41)51-48(47)49/h1-31H. The van der Waals surface area contributed by atoms with Gasteiger partial charge in [-0.25, -0.2) is 0 Å². The van der Waals surface area contributed by atoms with Gasteiger partial charge < -0.3 is 9.32 Å². The fourth-order valence-corrected chi connectivity index (χ4v) is 8.95. The molecule has 1 spiro atoms. The summed E-state index contributed by atoms with van der Waals surface area (Å²) in [6.45, 7) is 0. The highest BCUT2D eigenvalue weighted by molar-refractivity contribution is 6.05. The first kappa shape index (κ1) is 28.2. The van der Waals surface area contributed by atoms with E-state index >= 15 is 0 Å². The number of hydrogen-bond donors (Lipinski definition) is 0. The lowest BCUT2D eigenvalue weighted by Gasteiger charge is -2.29. The van der Waals surface area contributed by atoms with Gasteiger partial charge in [-0.3, -0.25) is 0 Å². The molecule has 1 aromatic heterocycles. The SMILES string of the molecule is c1ccc(N(c2cccc(-c3ccc4c(c3)C3(c5ccccc5-4)c4ccccc4-c4c3oc3ccccc43)c2)c2cccc3ccccc23)cc1. The maximum atomic E-state index is 6.97. The summed E-state index contributed by atoms with van der Waals surface area (Å²) in [5.74, 6) is 1.02. The number of furan rings is 1. The first-order valence-corrected chi connectivity index (χ1v) is 17.6. The van der Waals surface area contributed by atoms with Crippen LogP contribution in [0.3, 0.4) is 0 Å². The molecule has 0 amide bonds. The summed E-state index contributed by atoms with van der Waals surface area (Å²) in [7, 11) is 0. The van der Waals surface area contributed by atoms with E-state index in [2.05, 4.69) is 193 Å². The first-order chi connectivity index (χ1) is 25.3. The molecule has 2 heteroatoms. The zero-order valence-corrected chi connectivity index (χ0v) is 27.8. The Morgan fingerprint density at radius 1 is 0.412 bits per heavy atom. The van der Waals surface area contributed by atoms with Gasteiger partial charge in [0.15, 0.2) is 0 Å². The van der Waals surface area contributed by atoms with Crippen molar-refractivity contribution in [3.05, 3.63) is 211 Å². The Morgan fingerprint density at radius 3 is 1.92 bits per heavy atom. The average Bonchev–Trinajstić information content (AvgIpc) is 3.82. The topological polar surface area (TPSA) is 16.4 Å². The van der Waals surface area contributed by atoms with Crippen molar-refractivity contribution in [2.24, 2.45) is 0 Å². The monoisotopic (exact) mass is 649 g/mol. The Kier molecular flexibility index (Phi) is 5.91. The second-order valence-corrected chi connectivity index (χ2v) is 13.6. The van der Waals surface area contributed by atoms with Gasteiger partial charge in [0.25, 0.3) is 0 Å². The molecule has 0 bridgehead atoms. The molecule has 9 aromatic rings. The molecule has 1 heterocycles. The molecule has 2 aliphatic carbocycles. The van der Waals surface area contributed by atoms with Crippen LogP contribution in [0.2, 0.25) is 0 Å². The number of hydrogen-bond acceptors (Lipinski definition) is 2. The van der Waals surface area contributed by atoms with Gasteiger partial charge in [-0.05, 0) is 92.4 Å². The molecule has 0 fully saturated rings. The highest BCUT2D eigenvalue weighted by Gasteiger charge is 2.55. The van der Waals surface area contributed by atoms with Crippen LogP contribution in [0.5, 0.6) is 0 Å². The maximum absolute atomic E-state index is 6.97. The van der Waals surface area contributed by atoms with Crippen molar-refractivity contribution in [2.45, 2.75) is 5.41 Å². The zero-order chi connectivity index (χ0) is 33.5. The number of benzene rings is 8. The minimum absolute atomic E-state index is 0.552. The largest absolute Gasteiger partial charge is 0.459 e. The van der Waals surface area contributed by atoms with E-state index in [1.807, 2.05) is 0 Å². The third kappa shape index (κ3) is 3.87. The van der Waals surface area contributed by atoms with Gasteiger partial charge in [0.05, 0.1) is 5.69 Å². The van der Waals surface area contributed by atoms with Crippen LogP contribution in [0.15, 0.2) is 192 Å². The molecule has 0 aliphatic heterocycles. The summed E-state index contributed by atoms with van der Waals surface area (Å²) >= 11 is 0. The molecule has 2 aliphatic rings. The number of para-hydroxylation sites is 2. The van der Waals surface area contributed by atoms with E-state index in [0.717, 1.165) is 28.4 Å². The molecule has 1 atom stereocenters. The molecule has 0 saturated heterocycles. The van der Waals surface area contributed by atoms with Gasteiger partial charge in [-0.1, -0.05) is 146 Å². The van der Waals surface area contributed by atoms with Gasteiger partial charge in [0.2, 0.25) is 0 Å². The predicted molar refractivity (Wildman–Crippen MR) is 210 cm³/mol. The number of fused-ring (bicyclic) bond motifs is 13. The first-order valence-electron chi connectivity index (χ1n) is 17.6. The van der Waals surface area contributed by atoms with E-state index in [-0.39, 0.29) is 0 Å². The summed E-state index contributed by atoms with van der Waals surface area (Å²) in [5.41, 5.74) is 14.9. The van der Waals surface area contributed by atoms with Crippen LogP contribution in [0.25, 0.3) is 55.1 Å². The molecule has 11 rings (SSSR count). The van der Waals surface area contributed by atoms with E-state index in [9.17, 15) is 0 Å². The van der Waals surface area contributed by atoms with Crippen molar-refractivity contribution in [3.8, 4) is 33.4 Å². The minimum Gasteiger partial charge on any atom is -0.459 e. The van der Waals surface area contributed by atoms with E-state index < -0.39 is 5.41 Å². The van der Waals surface area contributed by atoms with Crippen molar-refractivity contribution in [2.75, 3.05) is 4.90 Å². The lowest BCUT2D eigenvalue weighted by atomic mass is 9.73. The Morgan fingerprint density at radius 2 is 1.04 bits per heavy atom. The van der Waals surface area contributed by atoms with Crippen LogP contribution >= 0.6 is 0 Å². The Hall–Kier alpha value is -6.64. The second-order valence-electron chi connectivity index (χ2n) is 13.6. The van der Waals surface area contributed by atoms with Gasteiger partial charge in [-0.15, -0.1) is 0 Å². The number of rotatable bonds is 4. The lowest BCUT2D eigenvalue weighted by molar-refractivity contribution is 0.507. The van der Waals surface area contributed by atoms with Crippen LogP contribution in [0, 0.1) is 0 Å². The lowest BCUT2D eigenvalue weighted by Crippen LogP contribution is -2.25. The summed E-state index contributed by atoms with van der Waals surface area (Å²) in [6, 6.07) is 68.2. The second kappa shape index (κ2) is 10.7. The van der Waals surface area contributed by atoms with E-state index in [1.54, 1.807) is 0 Å². The van der Waals surface area contributed by atoms with Crippen molar-refractivity contribution in [3.63, 3.8) is 0 Å². The van der Waals surface area contributed by atoms with Crippen LogP contribution in [0.4, 0.5) is 17.1 Å². The highest BCUT2D eigenvalue weighted by atomic mass is 16.3. The smallest absolute Gasteiger partial charge is 0.135 e. The van der Waals surface area contributed by atoms with E-state index in [1.165, 1.54) is 66.2 Å². The average molecular weight is 650 g/mol. The number of nitrogens with zero attached hydrogens (tertiary/aromatic N) is 1. The molecular formula is C49H31NO. The predicted octanol–water partition coefficient (Wildman–Crippen LogP) is 13.1. The quantitative estimate of drug-likeness (QED) is 0.189. The fraction of sp³-hybridized carbons (Fsp3) is 0.0204. The van der Waals surface area contributed by atoms with Crippen LogP contribution in [0.1, 0.15) is 22.5 Å². The van der Waals surface area contributed by atoms with Crippen molar-refractivity contribution < 1.29 is 4.42 Å². The van der Waals surface area contributed by atoms with Crippen LogP contribution in [-0.4, -0.2) is 0 Å². The maximum Gasteiger partial charge on any atom is 0.135 e. The molecule has 0 radical (unpaired) electrons. The van der Waals surface area contributed by atoms with E-state index in [0.29, 0.717) is 0 Å². The van der Waals surface area contributed by atoms with Gasteiger partial charge in [0, 0.05) is 27.7 Å². The molecule has 8 aromatic carbocycles. The Balaban J connectivity index is 1.14. The Bertz CT molecular complexity index is 2820. The van der Waals surface area contributed by atoms with Crippen molar-refractivity contribution in [1.29, 1.82) is 0 Å². The molecule has 2 nitrogen and oxygen atoms in total. The summed E-state index contributed by atoms with van der Waals surface area (Å²) in [4.78, 5) is 2.38. The summed E-state index contributed by atoms with van der Waals surface area (Å²) in [6.07, 6.45) is 0. The van der Waals surface area contributed by atoms with Gasteiger partial charge in [-0.2, -0.15) is 0 Å². The third-order valence-electron chi connectivity index (χ3n) is 11.0. The van der Waals surface area contributed by atoms with Gasteiger partial charge in [0.1, 0.15) is 16.8 Å². The van der Waals surface area contributed by atoms with E-state index in [4.69, 9.17) is 4.42 Å². The normalized spacial score (nSPS) is 15.1. The summed E-state index contributed by atoms with van der Waals surface area (Å²) < 4.78 is 6.97. The zero-order valence-electron chi connectivity index (χ0n) is 27.8. The third-order valence-corrected chi connectivity index (χ3v) is 11.0. The molecule has 0 saturated carbocycles.